The molecule has 0 bridgehead atoms. The molecule has 1 aromatic heterocycles. The molecule has 94 valence electrons. The number of ether oxygens (including phenoxy) is 1. The normalized spacial score (nSPS) is 16.2. The third kappa shape index (κ3) is 1.99. The number of aliphatic hydroxyl groups is 2. The Bertz CT molecular complexity index is 626. The minimum Gasteiger partial charge on any atom is -0.431 e. The van der Waals surface area contributed by atoms with Crippen molar-refractivity contribution in [2.24, 2.45) is 0 Å². The fourth-order valence-corrected chi connectivity index (χ4v) is 2.37. The highest BCUT2D eigenvalue weighted by atomic mass is 16.5. The van der Waals surface area contributed by atoms with Crippen LogP contribution in [0.25, 0.3) is 11.0 Å². The maximum absolute atomic E-state index is 11.4. The van der Waals surface area contributed by atoms with E-state index >= 15 is 0 Å². The number of nitrogens with zero attached hydrogens (tertiary/aromatic N) is 1. The molecule has 0 atom stereocenters. The Morgan fingerprint density at radius 2 is 2.00 bits per heavy atom. The third-order valence-electron chi connectivity index (χ3n) is 3.36. The van der Waals surface area contributed by atoms with Crippen LogP contribution in [0.15, 0.2) is 33.5 Å². The predicted molar refractivity (Wildman–Crippen MR) is 71.4 cm³/mol. The van der Waals surface area contributed by atoms with Gasteiger partial charge in [0.2, 0.25) is 0 Å². The average Bonchev–Trinajstić information content (AvgIpc) is 2.39. The quantitative estimate of drug-likeness (QED) is 0.565. The summed E-state index contributed by atoms with van der Waals surface area (Å²) >= 11 is 0. The highest BCUT2D eigenvalue weighted by molar-refractivity contribution is 5.83. The Balaban J connectivity index is 2.07. The van der Waals surface area contributed by atoms with Gasteiger partial charge in [-0.1, -0.05) is 0 Å². The number of hydrogen-bond donors (Lipinski definition) is 0. The van der Waals surface area contributed by atoms with Gasteiger partial charge in [-0.25, -0.2) is 4.79 Å². The molecule has 1 saturated heterocycles. The zero-order valence-electron chi connectivity index (χ0n) is 10.3. The van der Waals surface area contributed by atoms with E-state index in [1.165, 1.54) is 6.07 Å². The fraction of sp³-hybridized carbons (Fsp3) is 0.357. The van der Waals surface area contributed by atoms with Gasteiger partial charge in [0.15, 0.2) is 13.2 Å². The van der Waals surface area contributed by atoms with Gasteiger partial charge in [0.25, 0.3) is 0 Å². The Labute approximate surface area is 105 Å². The van der Waals surface area contributed by atoms with Crippen LogP contribution in [0.5, 0.6) is 0 Å². The summed E-state index contributed by atoms with van der Waals surface area (Å²) in [6.07, 6.45) is 0. The highest BCUT2D eigenvalue weighted by Gasteiger charge is 2.15. The molecule has 1 fully saturated rings. The van der Waals surface area contributed by atoms with E-state index in [2.05, 4.69) is 15.7 Å². The summed E-state index contributed by atoms with van der Waals surface area (Å²) in [6, 6.07) is 7.59. The van der Waals surface area contributed by atoms with Crippen molar-refractivity contribution in [3.63, 3.8) is 0 Å². The molecule has 0 saturated carbocycles. The molecule has 1 aliphatic heterocycles. The van der Waals surface area contributed by atoms with Crippen molar-refractivity contribution in [1.29, 1.82) is 0 Å². The summed E-state index contributed by atoms with van der Waals surface area (Å²) < 4.78 is 9.60. The molecule has 4 nitrogen and oxygen atoms in total. The number of morpholine rings is 1. The van der Waals surface area contributed by atoms with Crippen LogP contribution in [-0.2, 0) is 0 Å². The first-order valence-corrected chi connectivity index (χ1v) is 6.17. The third-order valence-corrected chi connectivity index (χ3v) is 3.36. The van der Waals surface area contributed by atoms with E-state index in [4.69, 9.17) is 4.42 Å². The van der Waals surface area contributed by atoms with Crippen molar-refractivity contribution in [2.45, 2.75) is 6.92 Å². The van der Waals surface area contributed by atoms with E-state index in [0.717, 1.165) is 42.9 Å². The predicted octanol–water partition coefficient (Wildman–Crippen LogP) is 1.45. The number of aryl methyl sites for hydroxylation is 1. The molecule has 4 heteroatoms. The summed E-state index contributed by atoms with van der Waals surface area (Å²) in [5, 5.41) is 1.00. The number of hydrogen-bond acceptors (Lipinski definition) is 3. The lowest BCUT2D eigenvalue weighted by molar-refractivity contribution is -0.0437. The van der Waals surface area contributed by atoms with E-state index in [0.29, 0.717) is 5.58 Å². The Kier molecular flexibility index (Phi) is 2.80. The minimum absolute atomic E-state index is 0.286. The van der Waals surface area contributed by atoms with Crippen LogP contribution in [0.2, 0.25) is 0 Å². The zero-order chi connectivity index (χ0) is 12.5. The number of fused-ring (bicyclic) bond motifs is 1. The molecule has 0 unspecified atom stereocenters. The van der Waals surface area contributed by atoms with Gasteiger partial charge in [-0.2, -0.15) is 0 Å². The first-order valence-electron chi connectivity index (χ1n) is 6.17. The second-order valence-corrected chi connectivity index (χ2v) is 4.59. The van der Waals surface area contributed by atoms with E-state index in [1.807, 2.05) is 19.1 Å². The van der Waals surface area contributed by atoms with Gasteiger partial charge in [0.1, 0.15) is 5.58 Å². The Morgan fingerprint density at radius 3 is 2.78 bits per heavy atom. The lowest BCUT2D eigenvalue weighted by atomic mass is 10.1. The summed E-state index contributed by atoms with van der Waals surface area (Å²) in [5.74, 6) is 0. The number of anilines is 1. The van der Waals surface area contributed by atoms with Gasteiger partial charge in [0.05, 0.1) is 13.1 Å². The van der Waals surface area contributed by atoms with Gasteiger partial charge in [-0.15, -0.1) is 0 Å². The van der Waals surface area contributed by atoms with Gasteiger partial charge in [-0.05, 0) is 24.6 Å². The van der Waals surface area contributed by atoms with Gasteiger partial charge >= 0.3 is 5.63 Å². The van der Waals surface area contributed by atoms with E-state index < -0.39 is 0 Å². The van der Waals surface area contributed by atoms with Crippen molar-refractivity contribution < 1.29 is 9.15 Å². The van der Waals surface area contributed by atoms with Crippen LogP contribution < -0.4 is 10.5 Å². The second kappa shape index (κ2) is 4.46. The fourth-order valence-electron chi connectivity index (χ4n) is 2.37. The summed E-state index contributed by atoms with van der Waals surface area (Å²) in [4.78, 5) is 13.7. The van der Waals surface area contributed by atoms with Gasteiger partial charge in [0, 0.05) is 23.2 Å². The lowest BCUT2D eigenvalue weighted by Crippen LogP contribution is -2.38. The maximum Gasteiger partial charge on any atom is 0.336 e. The largest absolute Gasteiger partial charge is 0.431 e. The topological polar surface area (TPSA) is 46.2 Å². The summed E-state index contributed by atoms with van der Waals surface area (Å²) in [6.45, 7) is 5.54. The zero-order valence-corrected chi connectivity index (χ0v) is 10.3. The number of benzene rings is 1. The molecule has 18 heavy (non-hydrogen) atoms. The van der Waals surface area contributed by atoms with Crippen molar-refractivity contribution in [3.05, 3.63) is 40.2 Å². The molecule has 0 radical (unpaired) electrons. The molecular formula is C14H16NO3+. The van der Waals surface area contributed by atoms with Crippen LogP contribution >= 0.6 is 0 Å². The highest BCUT2D eigenvalue weighted by Crippen LogP contribution is 2.23. The molecule has 0 amide bonds. The molecular weight excluding hydrogens is 230 g/mol. The summed E-state index contributed by atoms with van der Waals surface area (Å²) in [7, 11) is 0. The maximum atomic E-state index is 11.4. The van der Waals surface area contributed by atoms with E-state index in [-0.39, 0.29) is 5.63 Å². The molecule has 1 aliphatic rings. The van der Waals surface area contributed by atoms with E-state index in [1.54, 1.807) is 0 Å². The van der Waals surface area contributed by atoms with Gasteiger partial charge in [-0.3, -0.25) is 0 Å². The van der Waals surface area contributed by atoms with Crippen LogP contribution in [0.1, 0.15) is 5.56 Å². The lowest BCUT2D eigenvalue weighted by Gasteiger charge is -2.26. The molecule has 1 N–H and O–H groups in total. The van der Waals surface area contributed by atoms with Crippen molar-refractivity contribution >= 4 is 16.7 Å². The Hall–Kier alpha value is -1.81. The van der Waals surface area contributed by atoms with Crippen LogP contribution in [-0.4, -0.2) is 31.0 Å². The van der Waals surface area contributed by atoms with E-state index in [9.17, 15) is 4.79 Å². The average molecular weight is 246 g/mol. The Morgan fingerprint density at radius 1 is 1.22 bits per heavy atom. The first-order chi connectivity index (χ1) is 8.74. The molecule has 2 heterocycles. The first kappa shape index (κ1) is 11.3. The standard InChI is InChI=1S/C14H15NO3/c1-10-8-14(16)18-13-9-11(2-3-12(10)13)15-4-6-17-7-5-15/h2-3,8-9H,4-7H2,1H3/p+1. The van der Waals surface area contributed by atoms with Crippen LogP contribution in [0.4, 0.5) is 5.69 Å². The molecule has 3 rings (SSSR count). The SMILES string of the molecule is Cc1cc(=O)oc2cc(N3CC[OH+]CC3)ccc12. The smallest absolute Gasteiger partial charge is 0.336 e. The van der Waals surface area contributed by atoms with Crippen molar-refractivity contribution in [2.75, 3.05) is 31.2 Å². The van der Waals surface area contributed by atoms with Crippen molar-refractivity contribution in [3.8, 4) is 0 Å². The molecule has 1 aromatic carbocycles. The second-order valence-electron chi connectivity index (χ2n) is 4.59. The molecule has 0 spiro atoms. The minimum atomic E-state index is -0.286. The van der Waals surface area contributed by atoms with Crippen LogP contribution in [0, 0.1) is 6.92 Å². The van der Waals surface area contributed by atoms with Gasteiger partial charge < -0.3 is 14.1 Å². The van der Waals surface area contributed by atoms with Crippen molar-refractivity contribution in [1.82, 2.24) is 0 Å². The molecule has 0 aliphatic carbocycles. The van der Waals surface area contributed by atoms with Crippen LogP contribution in [0.3, 0.4) is 0 Å². The summed E-state index contributed by atoms with van der Waals surface area (Å²) in [5.41, 5.74) is 2.44. The number of rotatable bonds is 1. The molecule has 2 aromatic rings. The monoisotopic (exact) mass is 246 g/mol.